The van der Waals surface area contributed by atoms with Crippen LogP contribution in [0.15, 0.2) is 42.5 Å². The molecule has 1 atom stereocenters. The number of ether oxygens (including phenoxy) is 1. The zero-order valence-electron chi connectivity index (χ0n) is 16.3. The van der Waals surface area contributed by atoms with E-state index in [4.69, 9.17) is 39.5 Å². The summed E-state index contributed by atoms with van der Waals surface area (Å²) in [6.45, 7) is 4.07. The van der Waals surface area contributed by atoms with E-state index in [0.717, 1.165) is 0 Å². The average Bonchev–Trinajstić information content (AvgIpc) is 2.68. The summed E-state index contributed by atoms with van der Waals surface area (Å²) in [5.74, 6) is -0.0910. The topological polar surface area (TPSA) is 58.6 Å². The minimum Gasteiger partial charge on any atom is -0.484 e. The molecular weight excluding hydrogens is 435 g/mol. The first-order valence-electron chi connectivity index (χ1n) is 9.25. The van der Waals surface area contributed by atoms with E-state index in [2.05, 4.69) is 5.32 Å². The third kappa shape index (κ3) is 6.81. The maximum Gasteiger partial charge on any atom is 0.261 e. The Balaban J connectivity index is 2.24. The van der Waals surface area contributed by atoms with Crippen LogP contribution in [0.4, 0.5) is 0 Å². The van der Waals surface area contributed by atoms with Gasteiger partial charge in [0.25, 0.3) is 5.91 Å². The largest absolute Gasteiger partial charge is 0.484 e. The zero-order valence-corrected chi connectivity index (χ0v) is 18.5. The maximum absolute atomic E-state index is 13.0. The summed E-state index contributed by atoms with van der Waals surface area (Å²) in [7, 11) is 0. The molecule has 0 aliphatic carbocycles. The van der Waals surface area contributed by atoms with Crippen LogP contribution in [0.25, 0.3) is 0 Å². The van der Waals surface area contributed by atoms with Crippen molar-refractivity contribution in [2.24, 2.45) is 0 Å². The van der Waals surface area contributed by atoms with Crippen molar-refractivity contribution in [3.05, 3.63) is 63.1 Å². The second kappa shape index (κ2) is 11.3. The van der Waals surface area contributed by atoms with E-state index in [1.165, 1.54) is 4.90 Å². The molecule has 0 spiro atoms. The fourth-order valence-corrected chi connectivity index (χ4v) is 3.48. The first-order chi connectivity index (χ1) is 13.8. The minimum atomic E-state index is -0.655. The highest BCUT2D eigenvalue weighted by Crippen LogP contribution is 2.24. The molecule has 5 nitrogen and oxygen atoms in total. The highest BCUT2D eigenvalue weighted by atomic mass is 35.5. The molecule has 0 saturated carbocycles. The number of carbonyl (C=O) groups is 2. The molecule has 2 rings (SSSR count). The van der Waals surface area contributed by atoms with Crippen LogP contribution in [-0.2, 0) is 16.1 Å². The predicted molar refractivity (Wildman–Crippen MR) is 117 cm³/mol. The Morgan fingerprint density at radius 2 is 1.79 bits per heavy atom. The molecule has 0 unspecified atom stereocenters. The molecule has 0 aliphatic rings. The van der Waals surface area contributed by atoms with Crippen LogP contribution in [0.2, 0.25) is 15.1 Å². The molecule has 0 aromatic heterocycles. The van der Waals surface area contributed by atoms with Crippen molar-refractivity contribution < 1.29 is 14.3 Å². The number of hydrogen-bond acceptors (Lipinski definition) is 3. The Bertz CT molecular complexity index is 861. The number of hydrogen-bond donors (Lipinski definition) is 1. The lowest BCUT2D eigenvalue weighted by Gasteiger charge is -2.30. The Morgan fingerprint density at radius 3 is 2.41 bits per heavy atom. The lowest BCUT2D eigenvalue weighted by Crippen LogP contribution is -2.50. The molecule has 156 valence electrons. The van der Waals surface area contributed by atoms with Crippen LogP contribution in [0, 0.1) is 0 Å². The summed E-state index contributed by atoms with van der Waals surface area (Å²) in [5.41, 5.74) is 0.690. The number of rotatable bonds is 9. The first-order valence-corrected chi connectivity index (χ1v) is 10.4. The van der Waals surface area contributed by atoms with Gasteiger partial charge in [-0.15, -0.1) is 0 Å². The number of nitrogens with one attached hydrogen (secondary N) is 1. The Hall–Kier alpha value is -1.95. The van der Waals surface area contributed by atoms with Gasteiger partial charge in [-0.2, -0.15) is 0 Å². The van der Waals surface area contributed by atoms with Crippen molar-refractivity contribution >= 4 is 46.6 Å². The second-order valence-electron chi connectivity index (χ2n) is 6.32. The Morgan fingerprint density at radius 1 is 1.07 bits per heavy atom. The van der Waals surface area contributed by atoms with Gasteiger partial charge >= 0.3 is 0 Å². The number of likely N-dealkylation sites (N-methyl/N-ethyl adjacent to an activating group) is 1. The summed E-state index contributed by atoms with van der Waals surface area (Å²) >= 11 is 18.2. The van der Waals surface area contributed by atoms with Crippen LogP contribution >= 0.6 is 34.8 Å². The summed E-state index contributed by atoms with van der Waals surface area (Å²) in [4.78, 5) is 27.0. The van der Waals surface area contributed by atoms with Crippen molar-refractivity contribution in [2.75, 3.05) is 13.2 Å². The van der Waals surface area contributed by atoms with Gasteiger partial charge in [0.2, 0.25) is 5.91 Å². The first kappa shape index (κ1) is 23.3. The summed E-state index contributed by atoms with van der Waals surface area (Å²) in [6, 6.07) is 11.2. The summed E-state index contributed by atoms with van der Waals surface area (Å²) < 4.78 is 5.59. The highest BCUT2D eigenvalue weighted by molar-refractivity contribution is 6.35. The SMILES string of the molecule is CCNC(=O)[C@@H](CC)N(Cc1ccc(Cl)cc1Cl)C(=O)COc1cccc(Cl)c1. The molecule has 2 aromatic rings. The standard InChI is InChI=1S/C21H23Cl3N2O3/c1-3-19(21(28)25-4-2)26(12-14-8-9-16(23)11-18(14)24)20(27)13-29-17-7-5-6-15(22)10-17/h5-11,19H,3-4,12-13H2,1-2H3,(H,25,28)/t19-/m1/s1. The van der Waals surface area contributed by atoms with E-state index >= 15 is 0 Å². The van der Waals surface area contributed by atoms with Gasteiger partial charge in [0.1, 0.15) is 11.8 Å². The monoisotopic (exact) mass is 456 g/mol. The minimum absolute atomic E-state index is 0.156. The van der Waals surface area contributed by atoms with Crippen molar-refractivity contribution in [1.29, 1.82) is 0 Å². The van der Waals surface area contributed by atoms with Crippen LogP contribution < -0.4 is 10.1 Å². The van der Waals surface area contributed by atoms with Crippen LogP contribution in [-0.4, -0.2) is 35.9 Å². The van der Waals surface area contributed by atoms with E-state index in [1.807, 2.05) is 13.8 Å². The van der Waals surface area contributed by atoms with Crippen molar-refractivity contribution in [2.45, 2.75) is 32.9 Å². The van der Waals surface area contributed by atoms with Gasteiger partial charge in [-0.05, 0) is 49.2 Å². The van der Waals surface area contributed by atoms with E-state index < -0.39 is 6.04 Å². The number of benzene rings is 2. The molecule has 2 amide bonds. The number of halogens is 3. The molecule has 8 heteroatoms. The Labute approximate surface area is 185 Å². The summed E-state index contributed by atoms with van der Waals surface area (Å²) in [6.07, 6.45) is 0.444. The summed E-state index contributed by atoms with van der Waals surface area (Å²) in [5, 5.41) is 4.21. The van der Waals surface area contributed by atoms with E-state index in [1.54, 1.807) is 42.5 Å². The van der Waals surface area contributed by atoms with Crippen molar-refractivity contribution in [3.8, 4) is 5.75 Å². The molecule has 0 fully saturated rings. The van der Waals surface area contributed by atoms with Gasteiger partial charge in [0.15, 0.2) is 6.61 Å². The second-order valence-corrected chi connectivity index (χ2v) is 7.60. The zero-order chi connectivity index (χ0) is 21.4. The van der Waals surface area contributed by atoms with Gasteiger partial charge in [-0.3, -0.25) is 9.59 Å². The molecule has 1 N–H and O–H groups in total. The number of amides is 2. The normalized spacial score (nSPS) is 11.6. The van der Waals surface area contributed by atoms with E-state index in [0.29, 0.717) is 39.3 Å². The van der Waals surface area contributed by atoms with Crippen molar-refractivity contribution in [1.82, 2.24) is 10.2 Å². The molecule has 0 heterocycles. The van der Waals surface area contributed by atoms with Gasteiger partial charge in [-0.25, -0.2) is 0 Å². The predicted octanol–water partition coefficient (Wildman–Crippen LogP) is 4.97. The third-order valence-electron chi connectivity index (χ3n) is 4.25. The highest BCUT2D eigenvalue weighted by Gasteiger charge is 2.29. The number of nitrogens with zero attached hydrogens (tertiary/aromatic N) is 1. The van der Waals surface area contributed by atoms with Crippen LogP contribution in [0.1, 0.15) is 25.8 Å². The Kier molecular flexibility index (Phi) is 9.08. The third-order valence-corrected chi connectivity index (χ3v) is 5.07. The van der Waals surface area contributed by atoms with Gasteiger partial charge in [-0.1, -0.05) is 53.9 Å². The van der Waals surface area contributed by atoms with Gasteiger partial charge in [0, 0.05) is 28.2 Å². The van der Waals surface area contributed by atoms with Gasteiger partial charge in [0.05, 0.1) is 0 Å². The average molecular weight is 458 g/mol. The smallest absolute Gasteiger partial charge is 0.261 e. The molecule has 0 radical (unpaired) electrons. The van der Waals surface area contributed by atoms with Gasteiger partial charge < -0.3 is 15.0 Å². The fourth-order valence-electron chi connectivity index (χ4n) is 2.83. The molecule has 29 heavy (non-hydrogen) atoms. The lowest BCUT2D eigenvalue weighted by atomic mass is 10.1. The molecule has 0 bridgehead atoms. The molecular formula is C21H23Cl3N2O3. The van der Waals surface area contributed by atoms with Crippen LogP contribution in [0.3, 0.4) is 0 Å². The van der Waals surface area contributed by atoms with E-state index in [9.17, 15) is 9.59 Å². The molecule has 0 saturated heterocycles. The van der Waals surface area contributed by atoms with E-state index in [-0.39, 0.29) is 25.0 Å². The maximum atomic E-state index is 13.0. The van der Waals surface area contributed by atoms with Crippen molar-refractivity contribution in [3.63, 3.8) is 0 Å². The lowest BCUT2D eigenvalue weighted by molar-refractivity contribution is -0.142. The number of carbonyl (C=O) groups excluding carboxylic acids is 2. The molecule has 2 aromatic carbocycles. The molecule has 0 aliphatic heterocycles. The quantitative estimate of drug-likeness (QED) is 0.578. The van der Waals surface area contributed by atoms with Crippen LogP contribution in [0.5, 0.6) is 5.75 Å². The fraction of sp³-hybridized carbons (Fsp3) is 0.333.